The SMILES string of the molecule is COC(=O)c1cc2[nH]c(CN(CC3CCC3)C(=O)OC(C)(C)C)cc2cn1. The first kappa shape index (κ1) is 19.2. The van der Waals surface area contributed by atoms with Gasteiger partial charge < -0.3 is 19.4 Å². The highest BCUT2D eigenvalue weighted by atomic mass is 16.6. The van der Waals surface area contributed by atoms with Gasteiger partial charge in [0, 0.05) is 29.3 Å². The van der Waals surface area contributed by atoms with Gasteiger partial charge in [-0.1, -0.05) is 6.42 Å². The van der Waals surface area contributed by atoms with Crippen molar-refractivity contribution < 1.29 is 19.1 Å². The Bertz CT molecular complexity index is 833. The predicted molar refractivity (Wildman–Crippen MR) is 101 cm³/mol. The molecule has 0 spiro atoms. The maximum absolute atomic E-state index is 12.7. The third kappa shape index (κ3) is 4.78. The number of nitrogens with one attached hydrogen (secondary N) is 1. The Kier molecular flexibility index (Phi) is 5.39. The summed E-state index contributed by atoms with van der Waals surface area (Å²) in [6.07, 6.45) is 4.85. The Balaban J connectivity index is 1.79. The smallest absolute Gasteiger partial charge is 0.410 e. The molecule has 0 saturated heterocycles. The molecule has 0 unspecified atom stereocenters. The third-order valence-corrected chi connectivity index (χ3v) is 4.67. The molecule has 7 nitrogen and oxygen atoms in total. The summed E-state index contributed by atoms with van der Waals surface area (Å²) in [5, 5.41) is 0.880. The quantitative estimate of drug-likeness (QED) is 0.804. The van der Waals surface area contributed by atoms with Crippen molar-refractivity contribution in [1.29, 1.82) is 0 Å². The lowest BCUT2D eigenvalue weighted by Gasteiger charge is -2.33. The molecule has 0 aromatic carbocycles. The number of methoxy groups -OCH3 is 1. The molecule has 2 heterocycles. The fourth-order valence-corrected chi connectivity index (χ4v) is 3.11. The number of rotatable bonds is 5. The number of ether oxygens (including phenoxy) is 2. The summed E-state index contributed by atoms with van der Waals surface area (Å²) in [5.74, 6) is 0.0582. The van der Waals surface area contributed by atoms with Gasteiger partial charge >= 0.3 is 12.1 Å². The molecular formula is C20H27N3O4. The molecule has 0 atom stereocenters. The Morgan fingerprint density at radius 2 is 2.04 bits per heavy atom. The normalized spacial score (nSPS) is 14.7. The van der Waals surface area contributed by atoms with Crippen molar-refractivity contribution in [1.82, 2.24) is 14.9 Å². The van der Waals surface area contributed by atoms with E-state index in [4.69, 9.17) is 9.47 Å². The molecule has 2 aromatic rings. The Hall–Kier alpha value is -2.57. The fraction of sp³-hybridized carbons (Fsp3) is 0.550. The van der Waals surface area contributed by atoms with E-state index in [1.54, 1.807) is 17.2 Å². The van der Waals surface area contributed by atoms with Gasteiger partial charge in [0.1, 0.15) is 11.3 Å². The van der Waals surface area contributed by atoms with Gasteiger partial charge in [0.2, 0.25) is 0 Å². The summed E-state index contributed by atoms with van der Waals surface area (Å²) >= 11 is 0. The number of carbonyl (C=O) groups is 2. The second kappa shape index (κ2) is 7.58. The summed E-state index contributed by atoms with van der Waals surface area (Å²) in [4.78, 5) is 33.5. The van der Waals surface area contributed by atoms with Crippen LogP contribution in [0.4, 0.5) is 4.79 Å². The van der Waals surface area contributed by atoms with E-state index in [1.807, 2.05) is 26.8 Å². The van der Waals surface area contributed by atoms with E-state index in [0.717, 1.165) is 29.4 Å². The van der Waals surface area contributed by atoms with Crippen molar-refractivity contribution in [2.75, 3.05) is 13.7 Å². The maximum Gasteiger partial charge on any atom is 0.410 e. The molecule has 1 saturated carbocycles. The number of hydrogen-bond acceptors (Lipinski definition) is 5. The lowest BCUT2D eigenvalue weighted by Crippen LogP contribution is -2.40. The number of hydrogen-bond donors (Lipinski definition) is 1. The van der Waals surface area contributed by atoms with Crippen LogP contribution in [0.3, 0.4) is 0 Å². The van der Waals surface area contributed by atoms with Crippen molar-refractivity contribution in [2.24, 2.45) is 5.92 Å². The number of fused-ring (bicyclic) bond motifs is 1. The first-order valence-electron chi connectivity index (χ1n) is 9.29. The minimum atomic E-state index is -0.533. The zero-order chi connectivity index (χ0) is 19.6. The molecule has 1 aliphatic rings. The molecule has 27 heavy (non-hydrogen) atoms. The van der Waals surface area contributed by atoms with Gasteiger partial charge in [-0.3, -0.25) is 0 Å². The highest BCUT2D eigenvalue weighted by Gasteiger charge is 2.27. The lowest BCUT2D eigenvalue weighted by molar-refractivity contribution is 0.0170. The first-order chi connectivity index (χ1) is 12.7. The first-order valence-corrected chi connectivity index (χ1v) is 9.29. The van der Waals surface area contributed by atoms with E-state index in [0.29, 0.717) is 19.0 Å². The number of pyridine rings is 1. The standard InChI is InChI=1S/C20H27N3O4/c1-20(2,3)27-19(25)23(11-13-6-5-7-13)12-15-8-14-10-21-17(18(24)26-4)9-16(14)22-15/h8-10,13,22H,5-7,11-12H2,1-4H3. The monoisotopic (exact) mass is 373 g/mol. The van der Waals surface area contributed by atoms with Crippen molar-refractivity contribution in [2.45, 2.75) is 52.2 Å². The number of esters is 1. The van der Waals surface area contributed by atoms with E-state index in [2.05, 4.69) is 9.97 Å². The molecule has 0 radical (unpaired) electrons. The van der Waals surface area contributed by atoms with Crippen LogP contribution in [0.1, 0.15) is 56.2 Å². The molecule has 7 heteroatoms. The lowest BCUT2D eigenvalue weighted by atomic mass is 9.85. The molecule has 1 N–H and O–H groups in total. The number of aromatic nitrogens is 2. The molecule has 1 aliphatic carbocycles. The molecule has 1 amide bonds. The summed E-state index contributed by atoms with van der Waals surface area (Å²) < 4.78 is 10.3. The van der Waals surface area contributed by atoms with E-state index in [9.17, 15) is 9.59 Å². The minimum Gasteiger partial charge on any atom is -0.464 e. The van der Waals surface area contributed by atoms with Crippen LogP contribution in [0.2, 0.25) is 0 Å². The molecule has 0 aliphatic heterocycles. The molecule has 0 bridgehead atoms. The van der Waals surface area contributed by atoms with Crippen LogP contribution >= 0.6 is 0 Å². The van der Waals surface area contributed by atoms with Gasteiger partial charge in [-0.05, 0) is 51.7 Å². The third-order valence-electron chi connectivity index (χ3n) is 4.67. The fourth-order valence-electron chi connectivity index (χ4n) is 3.11. The van der Waals surface area contributed by atoms with Gasteiger partial charge in [0.25, 0.3) is 0 Å². The minimum absolute atomic E-state index is 0.247. The average molecular weight is 373 g/mol. The zero-order valence-corrected chi connectivity index (χ0v) is 16.4. The zero-order valence-electron chi connectivity index (χ0n) is 16.4. The number of nitrogens with zero attached hydrogens (tertiary/aromatic N) is 2. The van der Waals surface area contributed by atoms with Crippen LogP contribution in [-0.4, -0.2) is 46.2 Å². The maximum atomic E-state index is 12.7. The highest BCUT2D eigenvalue weighted by molar-refractivity contribution is 5.92. The molecule has 2 aromatic heterocycles. The van der Waals surface area contributed by atoms with Gasteiger partial charge in [-0.2, -0.15) is 0 Å². The van der Waals surface area contributed by atoms with E-state index >= 15 is 0 Å². The van der Waals surface area contributed by atoms with Gasteiger partial charge in [0.15, 0.2) is 0 Å². The Morgan fingerprint density at radius 3 is 2.63 bits per heavy atom. The van der Waals surface area contributed by atoms with Crippen LogP contribution < -0.4 is 0 Å². The molecular weight excluding hydrogens is 346 g/mol. The largest absolute Gasteiger partial charge is 0.464 e. The number of carbonyl (C=O) groups excluding carboxylic acids is 2. The highest BCUT2D eigenvalue weighted by Crippen LogP contribution is 2.28. The number of H-pyrrole nitrogens is 1. The van der Waals surface area contributed by atoms with Crippen molar-refractivity contribution in [3.63, 3.8) is 0 Å². The summed E-state index contributed by atoms with van der Waals surface area (Å²) in [6.45, 7) is 6.73. The Labute approximate surface area is 159 Å². The van der Waals surface area contributed by atoms with Crippen molar-refractivity contribution in [3.05, 3.63) is 29.7 Å². The summed E-state index contributed by atoms with van der Waals surface area (Å²) in [7, 11) is 1.33. The van der Waals surface area contributed by atoms with Crippen LogP contribution in [0.15, 0.2) is 18.3 Å². The summed E-state index contributed by atoms with van der Waals surface area (Å²) in [5.41, 5.74) is 1.37. The van der Waals surface area contributed by atoms with Gasteiger partial charge in [-0.15, -0.1) is 0 Å². The molecule has 146 valence electrons. The summed E-state index contributed by atoms with van der Waals surface area (Å²) in [6, 6.07) is 3.61. The molecule has 1 fully saturated rings. The van der Waals surface area contributed by atoms with Crippen molar-refractivity contribution >= 4 is 23.0 Å². The second-order valence-electron chi connectivity index (χ2n) is 8.10. The topological polar surface area (TPSA) is 84.5 Å². The predicted octanol–water partition coefficient (Wildman–Crippen LogP) is 3.89. The molecule has 3 rings (SSSR count). The van der Waals surface area contributed by atoms with Gasteiger partial charge in [-0.25, -0.2) is 14.6 Å². The van der Waals surface area contributed by atoms with Crippen LogP contribution in [0, 0.1) is 5.92 Å². The Morgan fingerprint density at radius 1 is 1.30 bits per heavy atom. The van der Waals surface area contributed by atoms with Crippen LogP contribution in [-0.2, 0) is 16.0 Å². The number of amides is 1. The van der Waals surface area contributed by atoms with E-state index < -0.39 is 11.6 Å². The average Bonchev–Trinajstić information content (AvgIpc) is 2.95. The van der Waals surface area contributed by atoms with Crippen molar-refractivity contribution in [3.8, 4) is 0 Å². The second-order valence-corrected chi connectivity index (χ2v) is 8.10. The van der Waals surface area contributed by atoms with Crippen LogP contribution in [0.25, 0.3) is 10.9 Å². The van der Waals surface area contributed by atoms with Gasteiger partial charge in [0.05, 0.1) is 13.7 Å². The van der Waals surface area contributed by atoms with E-state index in [-0.39, 0.29) is 11.8 Å². The van der Waals surface area contributed by atoms with E-state index in [1.165, 1.54) is 13.5 Å². The number of aromatic amines is 1. The van der Waals surface area contributed by atoms with Crippen LogP contribution in [0.5, 0.6) is 0 Å².